The van der Waals surface area contributed by atoms with Crippen LogP contribution in [0, 0.1) is 0 Å². The molecule has 2 aromatic rings. The minimum absolute atomic E-state index is 0.0842. The SMILES string of the molecule is CC(C)(C)OC(=O)Nc1oc(-c2ccc(Br)cc2)nc1C(=O)O. The third-order valence-electron chi connectivity index (χ3n) is 2.54. The maximum absolute atomic E-state index is 11.8. The molecule has 7 nitrogen and oxygen atoms in total. The highest BCUT2D eigenvalue weighted by molar-refractivity contribution is 9.10. The Morgan fingerprint density at radius 2 is 1.87 bits per heavy atom. The molecule has 122 valence electrons. The molecule has 0 unspecified atom stereocenters. The minimum Gasteiger partial charge on any atom is -0.476 e. The number of oxazole rings is 1. The molecule has 1 heterocycles. The second-order valence-electron chi connectivity index (χ2n) is 5.64. The molecule has 2 rings (SSSR count). The van der Waals surface area contributed by atoms with Crippen molar-refractivity contribution in [3.63, 3.8) is 0 Å². The van der Waals surface area contributed by atoms with Gasteiger partial charge in [-0.05, 0) is 45.0 Å². The van der Waals surface area contributed by atoms with Crippen LogP contribution >= 0.6 is 15.9 Å². The van der Waals surface area contributed by atoms with Gasteiger partial charge in [0.15, 0.2) is 0 Å². The van der Waals surface area contributed by atoms with Gasteiger partial charge in [-0.15, -0.1) is 0 Å². The summed E-state index contributed by atoms with van der Waals surface area (Å²) in [6, 6.07) is 6.94. The summed E-state index contributed by atoms with van der Waals surface area (Å²) in [7, 11) is 0. The number of rotatable bonds is 3. The van der Waals surface area contributed by atoms with E-state index in [0.717, 1.165) is 4.47 Å². The number of aromatic nitrogens is 1. The number of hydrogen-bond donors (Lipinski definition) is 2. The molecule has 0 aliphatic heterocycles. The van der Waals surface area contributed by atoms with Crippen LogP contribution in [-0.2, 0) is 4.74 Å². The fourth-order valence-corrected chi connectivity index (χ4v) is 1.93. The van der Waals surface area contributed by atoms with Gasteiger partial charge < -0.3 is 14.3 Å². The van der Waals surface area contributed by atoms with Crippen molar-refractivity contribution in [1.29, 1.82) is 0 Å². The third kappa shape index (κ3) is 4.56. The average molecular weight is 383 g/mol. The van der Waals surface area contributed by atoms with E-state index in [-0.39, 0.29) is 11.8 Å². The van der Waals surface area contributed by atoms with Crippen molar-refractivity contribution in [2.45, 2.75) is 26.4 Å². The Hall–Kier alpha value is -2.35. The molecule has 0 atom stereocenters. The summed E-state index contributed by atoms with van der Waals surface area (Å²) in [4.78, 5) is 26.9. The van der Waals surface area contributed by atoms with Gasteiger partial charge in [-0.2, -0.15) is 4.98 Å². The molecule has 0 fully saturated rings. The number of carbonyl (C=O) groups is 2. The lowest BCUT2D eigenvalue weighted by Gasteiger charge is -2.19. The number of halogens is 1. The Balaban J connectivity index is 2.30. The molecule has 23 heavy (non-hydrogen) atoms. The Kier molecular flexibility index (Phi) is 4.74. The van der Waals surface area contributed by atoms with Gasteiger partial charge in [0.25, 0.3) is 0 Å². The lowest BCUT2D eigenvalue weighted by atomic mass is 10.2. The number of nitrogens with one attached hydrogen (secondary N) is 1. The van der Waals surface area contributed by atoms with E-state index < -0.39 is 23.4 Å². The molecule has 1 aromatic carbocycles. The summed E-state index contributed by atoms with van der Waals surface area (Å²) in [5.41, 5.74) is -0.538. The lowest BCUT2D eigenvalue weighted by molar-refractivity contribution is 0.0632. The molecule has 8 heteroatoms. The fourth-order valence-electron chi connectivity index (χ4n) is 1.66. The topological polar surface area (TPSA) is 102 Å². The van der Waals surface area contributed by atoms with Gasteiger partial charge >= 0.3 is 12.1 Å². The number of aromatic carboxylic acids is 1. The molecule has 0 bridgehead atoms. The van der Waals surface area contributed by atoms with Crippen molar-refractivity contribution in [3.8, 4) is 11.5 Å². The number of ether oxygens (including phenoxy) is 1. The van der Waals surface area contributed by atoms with E-state index in [0.29, 0.717) is 5.56 Å². The Morgan fingerprint density at radius 1 is 1.26 bits per heavy atom. The summed E-state index contributed by atoms with van der Waals surface area (Å²) in [6.45, 7) is 5.08. The number of carboxylic acids is 1. The normalized spacial score (nSPS) is 11.1. The molecule has 0 saturated carbocycles. The number of carbonyl (C=O) groups excluding carboxylic acids is 1. The molecule has 1 aromatic heterocycles. The first-order chi connectivity index (χ1) is 10.7. The van der Waals surface area contributed by atoms with Gasteiger partial charge in [0.1, 0.15) is 5.60 Å². The fraction of sp³-hybridized carbons (Fsp3) is 0.267. The van der Waals surface area contributed by atoms with E-state index in [9.17, 15) is 14.7 Å². The molecule has 0 saturated heterocycles. The Bertz CT molecular complexity index is 731. The number of benzene rings is 1. The molecule has 0 aliphatic rings. The molecule has 1 amide bonds. The highest BCUT2D eigenvalue weighted by atomic mass is 79.9. The molecular weight excluding hydrogens is 368 g/mol. The average Bonchev–Trinajstić information content (AvgIpc) is 2.81. The van der Waals surface area contributed by atoms with Gasteiger partial charge in [-0.1, -0.05) is 15.9 Å². The van der Waals surface area contributed by atoms with E-state index in [1.54, 1.807) is 45.0 Å². The number of amides is 1. The Morgan fingerprint density at radius 3 is 2.39 bits per heavy atom. The van der Waals surface area contributed by atoms with E-state index in [4.69, 9.17) is 9.15 Å². The number of hydrogen-bond acceptors (Lipinski definition) is 5. The smallest absolute Gasteiger partial charge is 0.414 e. The third-order valence-corrected chi connectivity index (χ3v) is 3.06. The van der Waals surface area contributed by atoms with Crippen molar-refractivity contribution < 1.29 is 23.8 Å². The van der Waals surface area contributed by atoms with E-state index >= 15 is 0 Å². The summed E-state index contributed by atoms with van der Waals surface area (Å²) in [5.74, 6) is -1.51. The van der Waals surface area contributed by atoms with Crippen LogP contribution < -0.4 is 5.32 Å². The van der Waals surface area contributed by atoms with E-state index in [1.807, 2.05) is 0 Å². The Labute approximate surface area is 140 Å². The lowest BCUT2D eigenvalue weighted by Crippen LogP contribution is -2.27. The van der Waals surface area contributed by atoms with Gasteiger partial charge in [-0.3, -0.25) is 5.32 Å². The van der Waals surface area contributed by atoms with E-state index in [1.165, 1.54) is 0 Å². The zero-order chi connectivity index (χ0) is 17.2. The predicted molar refractivity (Wildman–Crippen MR) is 86.5 cm³/mol. The van der Waals surface area contributed by atoms with Crippen LogP contribution in [0.15, 0.2) is 33.2 Å². The molecule has 2 N–H and O–H groups in total. The van der Waals surface area contributed by atoms with Crippen LogP contribution in [0.25, 0.3) is 11.5 Å². The first-order valence-corrected chi connectivity index (χ1v) is 7.45. The maximum atomic E-state index is 11.8. The number of carboxylic acid groups (broad SMARTS) is 1. The monoisotopic (exact) mass is 382 g/mol. The maximum Gasteiger partial charge on any atom is 0.414 e. The molecule has 0 radical (unpaired) electrons. The zero-order valence-corrected chi connectivity index (χ0v) is 14.3. The van der Waals surface area contributed by atoms with Crippen LogP contribution in [0.1, 0.15) is 31.3 Å². The first-order valence-electron chi connectivity index (χ1n) is 6.66. The summed E-state index contributed by atoms with van der Waals surface area (Å²) < 4.78 is 11.3. The largest absolute Gasteiger partial charge is 0.476 e. The van der Waals surface area contributed by atoms with Crippen molar-refractivity contribution in [1.82, 2.24) is 4.98 Å². The quantitative estimate of drug-likeness (QED) is 0.826. The van der Waals surface area contributed by atoms with Gasteiger partial charge in [0.2, 0.25) is 17.5 Å². The van der Waals surface area contributed by atoms with Crippen LogP contribution in [0.5, 0.6) is 0 Å². The number of nitrogens with zero attached hydrogens (tertiary/aromatic N) is 1. The van der Waals surface area contributed by atoms with Crippen molar-refractivity contribution in [2.24, 2.45) is 0 Å². The second-order valence-corrected chi connectivity index (χ2v) is 6.55. The number of anilines is 1. The van der Waals surface area contributed by atoms with Gasteiger partial charge in [-0.25, -0.2) is 9.59 Å². The van der Waals surface area contributed by atoms with Crippen molar-refractivity contribution in [2.75, 3.05) is 5.32 Å². The van der Waals surface area contributed by atoms with Crippen LogP contribution in [-0.4, -0.2) is 27.8 Å². The van der Waals surface area contributed by atoms with Crippen LogP contribution in [0.2, 0.25) is 0 Å². The second kappa shape index (κ2) is 6.41. The zero-order valence-electron chi connectivity index (χ0n) is 12.7. The van der Waals surface area contributed by atoms with Crippen molar-refractivity contribution in [3.05, 3.63) is 34.4 Å². The highest BCUT2D eigenvalue weighted by Gasteiger charge is 2.24. The predicted octanol–water partition coefficient (Wildman–Crippen LogP) is 4.15. The van der Waals surface area contributed by atoms with Crippen molar-refractivity contribution >= 4 is 33.9 Å². The van der Waals surface area contributed by atoms with E-state index in [2.05, 4.69) is 26.2 Å². The summed E-state index contributed by atoms with van der Waals surface area (Å²) >= 11 is 3.30. The summed E-state index contributed by atoms with van der Waals surface area (Å²) in [6.07, 6.45) is -0.821. The van der Waals surface area contributed by atoms with Gasteiger partial charge in [0.05, 0.1) is 0 Å². The molecule has 0 aliphatic carbocycles. The first kappa shape index (κ1) is 17.0. The molecule has 0 spiro atoms. The molecular formula is C15H15BrN2O5. The minimum atomic E-state index is -1.32. The standard InChI is InChI=1S/C15H15BrN2O5/c1-15(2,3)23-14(21)18-12-10(13(19)20)17-11(22-12)8-4-6-9(16)7-5-8/h4-7H,1-3H3,(H,18,21)(H,19,20). The van der Waals surface area contributed by atoms with Crippen LogP contribution in [0.4, 0.5) is 10.7 Å². The highest BCUT2D eigenvalue weighted by Crippen LogP contribution is 2.27. The summed E-state index contributed by atoms with van der Waals surface area (Å²) in [5, 5.41) is 11.5. The van der Waals surface area contributed by atoms with Gasteiger partial charge in [0, 0.05) is 10.0 Å². The van der Waals surface area contributed by atoms with Crippen LogP contribution in [0.3, 0.4) is 0 Å².